The third kappa shape index (κ3) is 4.88. The fourth-order valence-electron chi connectivity index (χ4n) is 6.99. The monoisotopic (exact) mass is 654 g/mol. The Bertz CT molecular complexity index is 1940. The van der Waals surface area contributed by atoms with Gasteiger partial charge in [-0.1, -0.05) is 65.0 Å². The number of carbonyl (C=O) groups is 3. The minimum Gasteiger partial charge on any atom is -0.469 e. The number of nitrogens with one attached hydrogen (secondary N) is 2. The molecule has 5 atom stereocenters. The van der Waals surface area contributed by atoms with Crippen LogP contribution in [0.1, 0.15) is 85.9 Å². The molecule has 0 aliphatic carbocycles. The molecule has 7 rings (SSSR count). The van der Waals surface area contributed by atoms with Crippen LogP contribution in [0.15, 0.2) is 57.6 Å². The maximum absolute atomic E-state index is 14.2. The average Bonchev–Trinajstić information content (AvgIpc) is 3.82. The Morgan fingerprint density at radius 2 is 1.88 bits per heavy atom. The van der Waals surface area contributed by atoms with Crippen LogP contribution in [0.25, 0.3) is 11.6 Å². The normalized spacial score (nSPS) is 23.2. The van der Waals surface area contributed by atoms with Gasteiger partial charge in [-0.3, -0.25) is 9.59 Å². The molecule has 4 aromatic rings. The van der Waals surface area contributed by atoms with Gasteiger partial charge in [-0.2, -0.15) is 0 Å². The molecule has 4 bridgehead atoms. The molecule has 0 radical (unpaired) electrons. The minimum absolute atomic E-state index is 0.0301. The average molecular weight is 655 g/mol. The first-order chi connectivity index (χ1) is 22.8. The molecule has 5 heterocycles. The molecule has 1 amide bonds. The number of fused-ring (bicyclic) bond motifs is 4. The van der Waals surface area contributed by atoms with E-state index in [0.717, 1.165) is 22.4 Å². The van der Waals surface area contributed by atoms with E-state index in [1.807, 2.05) is 63.2 Å². The summed E-state index contributed by atoms with van der Waals surface area (Å²) in [6.07, 6.45) is -0.550. The number of para-hydroxylation sites is 1. The summed E-state index contributed by atoms with van der Waals surface area (Å²) in [6, 6.07) is 12.8. The standard InChI is InChI=1S/C36H38N4O8/c1-17(2)27(42)24(41)15-19-13-18-11-12-25-21(14-18)36(20-9-7-8-10-22(20)38-34(36)47-25)29-26(31-37-23(16-46-31)33(44)45-6)39-32(48-29)28(35(3,4)5)40-30(19)43/h7-12,14,16-17,19,27-28,34,38,42H,13,15H2,1-6H3,(H,40,43)/t19-,27+,28-,34?,36+/m1/s1. The molecule has 12 heteroatoms. The molecule has 3 N–H and O–H groups in total. The van der Waals surface area contributed by atoms with Crippen LogP contribution in [0.3, 0.4) is 0 Å². The van der Waals surface area contributed by atoms with E-state index in [1.165, 1.54) is 13.4 Å². The molecule has 12 nitrogen and oxygen atoms in total. The fraction of sp³-hybridized carbons (Fsp3) is 0.417. The summed E-state index contributed by atoms with van der Waals surface area (Å²) in [4.78, 5) is 49.1. The minimum atomic E-state index is -1.19. The summed E-state index contributed by atoms with van der Waals surface area (Å²) in [5, 5.41) is 17.2. The van der Waals surface area contributed by atoms with Gasteiger partial charge < -0.3 is 34.0 Å². The van der Waals surface area contributed by atoms with E-state index in [0.29, 0.717) is 11.5 Å². The van der Waals surface area contributed by atoms with E-state index >= 15 is 0 Å². The Kier molecular flexibility index (Phi) is 7.46. The zero-order valence-corrected chi connectivity index (χ0v) is 27.6. The summed E-state index contributed by atoms with van der Waals surface area (Å²) in [7, 11) is 1.26. The lowest BCUT2D eigenvalue weighted by atomic mass is 9.72. The number of aliphatic hydroxyl groups excluding tert-OH is 1. The number of carbonyl (C=O) groups excluding carboxylic acids is 3. The second-order valence-electron chi connectivity index (χ2n) is 14.2. The Morgan fingerprint density at radius 3 is 2.60 bits per heavy atom. The number of esters is 1. The number of anilines is 1. The number of amides is 1. The van der Waals surface area contributed by atoms with Gasteiger partial charge in [-0.05, 0) is 41.0 Å². The Labute approximate surface area is 277 Å². The lowest BCUT2D eigenvalue weighted by Gasteiger charge is -2.32. The molecule has 0 fully saturated rings. The maximum atomic E-state index is 14.2. The molecule has 48 heavy (non-hydrogen) atoms. The molecule has 3 aliphatic rings. The number of ketones is 1. The maximum Gasteiger partial charge on any atom is 0.360 e. The number of benzene rings is 2. The van der Waals surface area contributed by atoms with Crippen molar-refractivity contribution in [2.75, 3.05) is 12.4 Å². The molecular weight excluding hydrogens is 616 g/mol. The third-order valence-corrected chi connectivity index (χ3v) is 9.51. The molecule has 2 aromatic carbocycles. The number of nitrogens with zero attached hydrogens (tertiary/aromatic N) is 2. The van der Waals surface area contributed by atoms with Gasteiger partial charge in [0.15, 0.2) is 29.2 Å². The Morgan fingerprint density at radius 1 is 1.10 bits per heavy atom. The van der Waals surface area contributed by atoms with Crippen LogP contribution in [0.5, 0.6) is 5.75 Å². The number of aromatic nitrogens is 2. The number of Topliss-reactive ketones (excluding diaryl/α,β-unsaturated/α-hetero) is 1. The van der Waals surface area contributed by atoms with Crippen molar-refractivity contribution in [3.8, 4) is 17.3 Å². The number of oxazole rings is 2. The van der Waals surface area contributed by atoms with Crippen molar-refractivity contribution in [1.82, 2.24) is 15.3 Å². The van der Waals surface area contributed by atoms with E-state index in [2.05, 4.69) is 15.6 Å². The molecule has 250 valence electrons. The predicted octanol–water partition coefficient (Wildman–Crippen LogP) is 4.95. The van der Waals surface area contributed by atoms with Crippen molar-refractivity contribution >= 4 is 23.3 Å². The quantitative estimate of drug-likeness (QED) is 0.241. The topological polar surface area (TPSA) is 166 Å². The highest BCUT2D eigenvalue weighted by Crippen LogP contribution is 2.59. The molecule has 1 unspecified atom stereocenters. The largest absolute Gasteiger partial charge is 0.469 e. The number of aliphatic hydroxyl groups is 1. The van der Waals surface area contributed by atoms with Crippen molar-refractivity contribution in [2.24, 2.45) is 17.3 Å². The highest BCUT2D eigenvalue weighted by atomic mass is 16.5. The van der Waals surface area contributed by atoms with E-state index in [-0.39, 0.29) is 47.8 Å². The van der Waals surface area contributed by atoms with Crippen molar-refractivity contribution in [1.29, 1.82) is 0 Å². The van der Waals surface area contributed by atoms with Gasteiger partial charge in [0.25, 0.3) is 0 Å². The highest BCUT2D eigenvalue weighted by Gasteiger charge is 2.61. The summed E-state index contributed by atoms with van der Waals surface area (Å²) in [5.41, 5.74) is 1.76. The Balaban J connectivity index is 1.49. The van der Waals surface area contributed by atoms with Crippen molar-refractivity contribution in [3.63, 3.8) is 0 Å². The van der Waals surface area contributed by atoms with Gasteiger partial charge in [0.05, 0.1) is 7.11 Å². The first kappa shape index (κ1) is 31.6. The van der Waals surface area contributed by atoms with Crippen LogP contribution < -0.4 is 15.4 Å². The van der Waals surface area contributed by atoms with E-state index in [9.17, 15) is 19.5 Å². The molecular formula is C36H38N4O8. The zero-order valence-electron chi connectivity index (χ0n) is 27.6. The van der Waals surface area contributed by atoms with Gasteiger partial charge >= 0.3 is 5.97 Å². The number of ether oxygens (including phenoxy) is 2. The van der Waals surface area contributed by atoms with Gasteiger partial charge in [0, 0.05) is 23.6 Å². The summed E-state index contributed by atoms with van der Waals surface area (Å²) < 4.78 is 24.1. The van der Waals surface area contributed by atoms with Gasteiger partial charge in [0.2, 0.25) is 17.7 Å². The predicted molar refractivity (Wildman–Crippen MR) is 172 cm³/mol. The van der Waals surface area contributed by atoms with Crippen LogP contribution in [0, 0.1) is 17.3 Å². The second kappa shape index (κ2) is 11.3. The van der Waals surface area contributed by atoms with Gasteiger partial charge in [0.1, 0.15) is 29.6 Å². The van der Waals surface area contributed by atoms with Crippen LogP contribution >= 0.6 is 0 Å². The number of hydrogen-bond donors (Lipinski definition) is 3. The number of methoxy groups -OCH3 is 1. The summed E-state index contributed by atoms with van der Waals surface area (Å²) in [5.74, 6) is -1.34. The first-order valence-electron chi connectivity index (χ1n) is 16.1. The second-order valence-corrected chi connectivity index (χ2v) is 14.2. The van der Waals surface area contributed by atoms with Crippen molar-refractivity contribution in [2.45, 2.75) is 71.2 Å². The SMILES string of the molecule is COC(=O)c1coc(-c2nc3oc2[C@@]24c5ccccc5NC2Oc2ccc(cc24)C[C@H](CC(=O)[C@@H](O)C(C)C)C(=O)N[C@H]3C(C)(C)C)n1. The lowest BCUT2D eigenvalue weighted by Crippen LogP contribution is -2.42. The van der Waals surface area contributed by atoms with Crippen molar-refractivity contribution in [3.05, 3.63) is 82.8 Å². The van der Waals surface area contributed by atoms with Crippen LogP contribution in [-0.4, -0.2) is 52.2 Å². The lowest BCUT2D eigenvalue weighted by molar-refractivity contribution is -0.135. The first-order valence-corrected chi connectivity index (χ1v) is 16.1. The summed E-state index contributed by atoms with van der Waals surface area (Å²) in [6.45, 7) is 9.38. The highest BCUT2D eigenvalue weighted by molar-refractivity contribution is 5.90. The van der Waals surface area contributed by atoms with Crippen LogP contribution in [0.4, 0.5) is 5.69 Å². The molecule has 1 spiro atoms. The van der Waals surface area contributed by atoms with E-state index in [1.54, 1.807) is 13.8 Å². The zero-order chi connectivity index (χ0) is 34.1. The van der Waals surface area contributed by atoms with E-state index in [4.69, 9.17) is 23.3 Å². The summed E-state index contributed by atoms with van der Waals surface area (Å²) >= 11 is 0. The molecule has 0 saturated carbocycles. The van der Waals surface area contributed by atoms with Gasteiger partial charge in [-0.25, -0.2) is 14.8 Å². The Hall–Kier alpha value is -4.97. The third-order valence-electron chi connectivity index (χ3n) is 9.51. The van der Waals surface area contributed by atoms with Crippen LogP contribution in [0.2, 0.25) is 0 Å². The molecule has 0 saturated heterocycles. The molecule has 3 aliphatic heterocycles. The van der Waals surface area contributed by atoms with Crippen LogP contribution in [-0.2, 0) is 26.2 Å². The van der Waals surface area contributed by atoms with Gasteiger partial charge in [-0.15, -0.1) is 0 Å². The van der Waals surface area contributed by atoms with Crippen molar-refractivity contribution < 1.29 is 37.8 Å². The molecule has 2 aromatic heterocycles. The fourth-order valence-corrected chi connectivity index (χ4v) is 6.99. The smallest absolute Gasteiger partial charge is 0.360 e. The number of rotatable bonds is 6. The number of hydrogen-bond acceptors (Lipinski definition) is 11. The van der Waals surface area contributed by atoms with E-state index < -0.39 is 46.9 Å².